The number of nitrogens with one attached hydrogen (secondary N) is 1. The van der Waals surface area contributed by atoms with Gasteiger partial charge in [-0.2, -0.15) is 0 Å². The van der Waals surface area contributed by atoms with Gasteiger partial charge in [-0.25, -0.2) is 0 Å². The fourth-order valence-corrected chi connectivity index (χ4v) is 1.65. The van der Waals surface area contributed by atoms with Crippen LogP contribution in [0.1, 0.15) is 11.3 Å². The molecule has 0 amide bonds. The first-order valence-electron chi connectivity index (χ1n) is 5.70. The van der Waals surface area contributed by atoms with Crippen LogP contribution in [0.3, 0.4) is 0 Å². The third kappa shape index (κ3) is 2.89. The van der Waals surface area contributed by atoms with Gasteiger partial charge in [0, 0.05) is 23.9 Å². The number of nitrogens with two attached hydrogens (primary N) is 1. The van der Waals surface area contributed by atoms with Crippen LogP contribution in [-0.4, -0.2) is 15.7 Å². The number of hydrogen-bond donors (Lipinski definition) is 2. The number of aryl methyl sites for hydroxylation is 1. The van der Waals surface area contributed by atoms with E-state index in [1.165, 1.54) is 24.4 Å². The monoisotopic (exact) mass is 272 g/mol. The maximum absolute atomic E-state index is 10.7. The summed E-state index contributed by atoms with van der Waals surface area (Å²) in [6.07, 6.45) is 1.48. The van der Waals surface area contributed by atoms with E-state index in [4.69, 9.17) is 15.9 Å². The van der Waals surface area contributed by atoms with Crippen molar-refractivity contribution in [3.05, 3.63) is 57.9 Å². The van der Waals surface area contributed by atoms with Gasteiger partial charge >= 0.3 is 0 Å². The van der Waals surface area contributed by atoms with Gasteiger partial charge in [-0.1, -0.05) is 0 Å². The highest BCUT2D eigenvalue weighted by atomic mass is 16.6. The molecular formula is C13H12N4O3. The summed E-state index contributed by atoms with van der Waals surface area (Å²) in [5.74, 6) is 0.766. The van der Waals surface area contributed by atoms with Crippen molar-refractivity contribution in [3.63, 3.8) is 0 Å². The first-order chi connectivity index (χ1) is 9.47. The number of aromatic nitrogens is 1. The molecular weight excluding hydrogens is 260 g/mol. The number of amidine groups is 1. The molecule has 0 spiro atoms. The number of rotatable bonds is 4. The number of hydrogen-bond acceptors (Lipinski definition) is 5. The molecule has 2 aromatic rings. The van der Waals surface area contributed by atoms with Crippen molar-refractivity contribution in [2.75, 3.05) is 0 Å². The summed E-state index contributed by atoms with van der Waals surface area (Å²) in [4.78, 5) is 14.2. The van der Waals surface area contributed by atoms with E-state index in [0.717, 1.165) is 0 Å². The van der Waals surface area contributed by atoms with Crippen molar-refractivity contribution in [3.8, 4) is 11.5 Å². The summed E-state index contributed by atoms with van der Waals surface area (Å²) in [6.45, 7) is 1.64. The van der Waals surface area contributed by atoms with Crippen molar-refractivity contribution in [1.29, 1.82) is 5.41 Å². The molecule has 0 fully saturated rings. The SMILES string of the molecule is Cc1cc(Oc2ccnc(C(=N)N)c2)ccc1[N+](=O)[O-]. The van der Waals surface area contributed by atoms with Crippen LogP contribution in [0.25, 0.3) is 0 Å². The average Bonchev–Trinajstić information content (AvgIpc) is 2.38. The van der Waals surface area contributed by atoms with E-state index in [2.05, 4.69) is 4.98 Å². The van der Waals surface area contributed by atoms with Gasteiger partial charge in [-0.15, -0.1) is 0 Å². The first-order valence-corrected chi connectivity index (χ1v) is 5.70. The van der Waals surface area contributed by atoms with Gasteiger partial charge in [-0.3, -0.25) is 20.5 Å². The number of nitro benzene ring substituents is 1. The Balaban J connectivity index is 2.26. The molecule has 0 bridgehead atoms. The predicted molar refractivity (Wildman–Crippen MR) is 73.2 cm³/mol. The molecule has 20 heavy (non-hydrogen) atoms. The smallest absolute Gasteiger partial charge is 0.272 e. The zero-order valence-corrected chi connectivity index (χ0v) is 10.7. The number of nitrogen functional groups attached to an aromatic ring is 1. The van der Waals surface area contributed by atoms with E-state index < -0.39 is 4.92 Å². The molecule has 0 aliphatic carbocycles. The van der Waals surface area contributed by atoms with Crippen LogP contribution in [0.4, 0.5) is 5.69 Å². The Bertz CT molecular complexity index is 685. The first kappa shape index (κ1) is 13.5. The largest absolute Gasteiger partial charge is 0.457 e. The summed E-state index contributed by atoms with van der Waals surface area (Å²) in [7, 11) is 0. The van der Waals surface area contributed by atoms with Gasteiger partial charge in [-0.05, 0) is 25.1 Å². The normalized spacial score (nSPS) is 10.1. The van der Waals surface area contributed by atoms with Gasteiger partial charge < -0.3 is 10.5 Å². The third-order valence-electron chi connectivity index (χ3n) is 2.61. The lowest BCUT2D eigenvalue weighted by atomic mass is 10.2. The molecule has 0 saturated heterocycles. The van der Waals surface area contributed by atoms with Gasteiger partial charge in [0.15, 0.2) is 0 Å². The van der Waals surface area contributed by atoms with Crippen LogP contribution in [0.15, 0.2) is 36.5 Å². The Kier molecular flexibility index (Phi) is 3.60. The molecule has 7 heteroatoms. The van der Waals surface area contributed by atoms with Crippen LogP contribution in [-0.2, 0) is 0 Å². The van der Waals surface area contributed by atoms with Crippen molar-refractivity contribution in [1.82, 2.24) is 4.98 Å². The molecule has 0 aliphatic rings. The molecule has 1 heterocycles. The molecule has 0 atom stereocenters. The number of ether oxygens (including phenoxy) is 1. The Labute approximate surface area is 114 Å². The second-order valence-electron chi connectivity index (χ2n) is 4.10. The second-order valence-corrected chi connectivity index (χ2v) is 4.10. The van der Waals surface area contributed by atoms with E-state index >= 15 is 0 Å². The summed E-state index contributed by atoms with van der Waals surface area (Å²) in [5.41, 5.74) is 6.20. The average molecular weight is 272 g/mol. The maximum Gasteiger partial charge on any atom is 0.272 e. The Morgan fingerprint density at radius 2 is 2.05 bits per heavy atom. The lowest BCUT2D eigenvalue weighted by molar-refractivity contribution is -0.385. The fourth-order valence-electron chi connectivity index (χ4n) is 1.65. The summed E-state index contributed by atoms with van der Waals surface area (Å²) >= 11 is 0. The fraction of sp³-hybridized carbons (Fsp3) is 0.0769. The number of nitrogens with zero attached hydrogens (tertiary/aromatic N) is 2. The zero-order chi connectivity index (χ0) is 14.7. The summed E-state index contributed by atoms with van der Waals surface area (Å²) in [5, 5.41) is 18.0. The number of nitro groups is 1. The van der Waals surface area contributed by atoms with Crippen molar-refractivity contribution >= 4 is 11.5 Å². The highest BCUT2D eigenvalue weighted by molar-refractivity contribution is 5.93. The standard InChI is InChI=1S/C13H12N4O3/c1-8-6-9(2-3-12(8)17(18)19)20-10-4-5-16-11(7-10)13(14)15/h2-7H,1H3,(H3,14,15). The molecule has 0 aliphatic heterocycles. The van der Waals surface area contributed by atoms with Crippen molar-refractivity contribution in [2.24, 2.45) is 5.73 Å². The van der Waals surface area contributed by atoms with Gasteiger partial charge in [0.25, 0.3) is 5.69 Å². The molecule has 102 valence electrons. The van der Waals surface area contributed by atoms with Crippen LogP contribution in [0.2, 0.25) is 0 Å². The third-order valence-corrected chi connectivity index (χ3v) is 2.61. The summed E-state index contributed by atoms with van der Waals surface area (Å²) in [6, 6.07) is 7.62. The lowest BCUT2D eigenvalue weighted by Crippen LogP contribution is -2.12. The van der Waals surface area contributed by atoms with Gasteiger partial charge in [0.1, 0.15) is 23.0 Å². The van der Waals surface area contributed by atoms with E-state index in [1.807, 2.05) is 0 Å². The molecule has 1 aromatic carbocycles. The number of pyridine rings is 1. The molecule has 7 nitrogen and oxygen atoms in total. The van der Waals surface area contributed by atoms with Crippen molar-refractivity contribution < 1.29 is 9.66 Å². The molecule has 0 unspecified atom stereocenters. The van der Waals surface area contributed by atoms with E-state index in [-0.39, 0.29) is 11.5 Å². The van der Waals surface area contributed by atoms with E-state index in [9.17, 15) is 10.1 Å². The Morgan fingerprint density at radius 1 is 1.35 bits per heavy atom. The minimum absolute atomic E-state index is 0.0384. The van der Waals surface area contributed by atoms with Crippen LogP contribution >= 0.6 is 0 Å². The molecule has 2 rings (SSSR count). The van der Waals surface area contributed by atoms with E-state index in [0.29, 0.717) is 22.8 Å². The zero-order valence-electron chi connectivity index (χ0n) is 10.7. The second kappa shape index (κ2) is 5.35. The van der Waals surface area contributed by atoms with Gasteiger partial charge in [0.05, 0.1) is 4.92 Å². The minimum atomic E-state index is -0.445. The van der Waals surface area contributed by atoms with Crippen molar-refractivity contribution in [2.45, 2.75) is 6.92 Å². The molecule has 1 aromatic heterocycles. The van der Waals surface area contributed by atoms with Crippen LogP contribution in [0, 0.1) is 22.4 Å². The topological polar surface area (TPSA) is 115 Å². The lowest BCUT2D eigenvalue weighted by Gasteiger charge is -2.07. The highest BCUT2D eigenvalue weighted by Gasteiger charge is 2.11. The Hall–Kier alpha value is -2.96. The summed E-state index contributed by atoms with van der Waals surface area (Å²) < 4.78 is 5.57. The minimum Gasteiger partial charge on any atom is -0.457 e. The number of benzene rings is 1. The maximum atomic E-state index is 10.7. The van der Waals surface area contributed by atoms with E-state index in [1.54, 1.807) is 19.1 Å². The van der Waals surface area contributed by atoms with Gasteiger partial charge in [0.2, 0.25) is 0 Å². The van der Waals surface area contributed by atoms with Crippen LogP contribution < -0.4 is 10.5 Å². The quantitative estimate of drug-likeness (QED) is 0.383. The molecule has 0 saturated carbocycles. The Morgan fingerprint density at radius 3 is 2.65 bits per heavy atom. The predicted octanol–water partition coefficient (Wildman–Crippen LogP) is 2.37. The van der Waals surface area contributed by atoms with Crippen LogP contribution in [0.5, 0.6) is 11.5 Å². The molecule has 3 N–H and O–H groups in total. The highest BCUT2D eigenvalue weighted by Crippen LogP contribution is 2.27. The molecule has 0 radical (unpaired) electrons.